The molecule has 1 heterocycles. The molecule has 18 heavy (non-hydrogen) atoms. The first-order chi connectivity index (χ1) is 8.51. The van der Waals surface area contributed by atoms with Crippen molar-refractivity contribution in [1.29, 1.82) is 0 Å². The average Bonchev–Trinajstić information content (AvgIpc) is 2.30. The van der Waals surface area contributed by atoms with E-state index in [1.165, 1.54) is 6.07 Å². The van der Waals surface area contributed by atoms with E-state index in [9.17, 15) is 8.42 Å². The van der Waals surface area contributed by atoms with Crippen molar-refractivity contribution in [3.63, 3.8) is 0 Å². The minimum absolute atomic E-state index is 0.176. The maximum Gasteiger partial charge on any atom is 0.215 e. The summed E-state index contributed by atoms with van der Waals surface area (Å²) in [7, 11) is -3.56. The van der Waals surface area contributed by atoms with Gasteiger partial charge in [0.15, 0.2) is 5.75 Å². The zero-order valence-corrected chi connectivity index (χ0v) is 12.8. The van der Waals surface area contributed by atoms with Gasteiger partial charge in [-0.2, -0.15) is 0 Å². The third-order valence-corrected chi connectivity index (χ3v) is 6.04. The normalized spacial score (nSPS) is 15.4. The van der Waals surface area contributed by atoms with Gasteiger partial charge < -0.3 is 4.74 Å². The maximum absolute atomic E-state index is 12.5. The Morgan fingerprint density at radius 2 is 1.61 bits per heavy atom. The van der Waals surface area contributed by atoms with Crippen molar-refractivity contribution in [1.82, 2.24) is 0 Å². The summed E-state index contributed by atoms with van der Waals surface area (Å²) in [5.74, 6) is 0.673. The zero-order chi connectivity index (χ0) is 12.9. The highest BCUT2D eigenvalue weighted by Crippen LogP contribution is 2.47. The molecule has 92 valence electrons. The molecule has 1 aliphatic heterocycles. The quantitative estimate of drug-likeness (QED) is 0.580. The fourth-order valence-electron chi connectivity index (χ4n) is 1.85. The highest BCUT2D eigenvalue weighted by atomic mass is 79.9. The van der Waals surface area contributed by atoms with Gasteiger partial charge in [-0.3, -0.25) is 0 Å². The van der Waals surface area contributed by atoms with Crippen molar-refractivity contribution < 1.29 is 13.2 Å². The van der Waals surface area contributed by atoms with Crippen LogP contribution in [0.15, 0.2) is 55.1 Å². The Balaban J connectivity index is 2.42. The van der Waals surface area contributed by atoms with Crippen molar-refractivity contribution in [2.75, 3.05) is 0 Å². The second kappa shape index (κ2) is 4.08. The molecule has 0 unspecified atom stereocenters. The van der Waals surface area contributed by atoms with Gasteiger partial charge in [-0.05, 0) is 56.1 Å². The number of ether oxygens (including phenoxy) is 1. The topological polar surface area (TPSA) is 43.4 Å². The lowest BCUT2D eigenvalue weighted by molar-refractivity contribution is 0.439. The maximum atomic E-state index is 12.5. The van der Waals surface area contributed by atoms with E-state index in [4.69, 9.17) is 4.74 Å². The summed E-state index contributed by atoms with van der Waals surface area (Å²) in [5, 5.41) is 0. The van der Waals surface area contributed by atoms with Crippen LogP contribution >= 0.6 is 31.9 Å². The molecule has 6 heteroatoms. The molecule has 0 atom stereocenters. The van der Waals surface area contributed by atoms with E-state index in [-0.39, 0.29) is 9.79 Å². The van der Waals surface area contributed by atoms with Crippen molar-refractivity contribution in [2.24, 2.45) is 0 Å². The lowest BCUT2D eigenvalue weighted by atomic mass is 10.3. The predicted octanol–water partition coefficient (Wildman–Crippen LogP) is 4.15. The molecular weight excluding hydrogens is 384 g/mol. The van der Waals surface area contributed by atoms with Gasteiger partial charge in [0.2, 0.25) is 9.84 Å². The highest BCUT2D eigenvalue weighted by Gasteiger charge is 2.34. The van der Waals surface area contributed by atoms with Crippen molar-refractivity contribution >= 4 is 41.7 Å². The van der Waals surface area contributed by atoms with Crippen LogP contribution in [-0.4, -0.2) is 8.42 Å². The minimum Gasteiger partial charge on any atom is -0.453 e. The zero-order valence-electron chi connectivity index (χ0n) is 8.85. The Morgan fingerprint density at radius 1 is 0.944 bits per heavy atom. The van der Waals surface area contributed by atoms with Crippen LogP contribution in [0.3, 0.4) is 0 Å². The molecular formula is C12H6Br2O3S. The molecule has 3 rings (SSSR count). The first-order valence-electron chi connectivity index (χ1n) is 5.02. The standard InChI is InChI=1S/C12H6Br2O3S/c13-7-3-2-6-10-11(7)17-9-5-1-4-8(14)12(9)18(10,15)16/h1-6H. The minimum atomic E-state index is -3.56. The molecule has 0 aromatic heterocycles. The van der Waals surface area contributed by atoms with Gasteiger partial charge in [0.1, 0.15) is 15.5 Å². The molecule has 0 bridgehead atoms. The van der Waals surface area contributed by atoms with E-state index in [0.717, 1.165) is 0 Å². The van der Waals surface area contributed by atoms with E-state index < -0.39 is 9.84 Å². The predicted molar refractivity (Wildman–Crippen MR) is 73.8 cm³/mol. The largest absolute Gasteiger partial charge is 0.453 e. The summed E-state index contributed by atoms with van der Waals surface area (Å²) in [6.07, 6.45) is 0. The Hall–Kier alpha value is -0.850. The number of fused-ring (bicyclic) bond motifs is 2. The lowest BCUT2D eigenvalue weighted by Gasteiger charge is -2.21. The summed E-state index contributed by atoms with van der Waals surface area (Å²) in [6, 6.07) is 10.0. The average molecular weight is 390 g/mol. The second-order valence-corrected chi connectivity index (χ2v) is 7.30. The summed E-state index contributed by atoms with van der Waals surface area (Å²) in [4.78, 5) is 0.354. The second-order valence-electron chi connectivity index (χ2n) is 3.74. The van der Waals surface area contributed by atoms with Crippen molar-refractivity contribution in [3.05, 3.63) is 45.3 Å². The van der Waals surface area contributed by atoms with Gasteiger partial charge in [0.05, 0.1) is 4.47 Å². The number of hydrogen-bond acceptors (Lipinski definition) is 3. The van der Waals surface area contributed by atoms with Crippen LogP contribution in [0.2, 0.25) is 0 Å². The molecule has 0 saturated carbocycles. The molecule has 0 N–H and O–H groups in total. The fourth-order valence-corrected chi connectivity index (χ4v) is 4.99. The van der Waals surface area contributed by atoms with Crippen LogP contribution < -0.4 is 4.74 Å². The highest BCUT2D eigenvalue weighted by molar-refractivity contribution is 9.10. The molecule has 0 radical (unpaired) electrons. The number of rotatable bonds is 0. The van der Waals surface area contributed by atoms with Crippen LogP contribution in [0.25, 0.3) is 0 Å². The third kappa shape index (κ3) is 1.63. The molecule has 0 aliphatic carbocycles. The molecule has 0 amide bonds. The van der Waals surface area contributed by atoms with Gasteiger partial charge >= 0.3 is 0 Å². The van der Waals surface area contributed by atoms with E-state index in [2.05, 4.69) is 31.9 Å². The first-order valence-corrected chi connectivity index (χ1v) is 8.08. The third-order valence-electron chi connectivity index (χ3n) is 2.63. The molecule has 0 spiro atoms. The van der Waals surface area contributed by atoms with Crippen molar-refractivity contribution in [2.45, 2.75) is 9.79 Å². The van der Waals surface area contributed by atoms with Gasteiger partial charge in [-0.1, -0.05) is 12.1 Å². The number of halogens is 2. The van der Waals surface area contributed by atoms with E-state index in [0.29, 0.717) is 20.4 Å². The smallest absolute Gasteiger partial charge is 0.215 e. The summed E-state index contributed by atoms with van der Waals surface area (Å²) in [5.41, 5.74) is 0. The van der Waals surface area contributed by atoms with Crippen LogP contribution in [-0.2, 0) is 9.84 Å². The van der Waals surface area contributed by atoms with Gasteiger partial charge in [0.25, 0.3) is 0 Å². The SMILES string of the molecule is O=S1(=O)c2cccc(Br)c2Oc2cccc(Br)c21. The fraction of sp³-hybridized carbons (Fsp3) is 0. The molecule has 3 nitrogen and oxygen atoms in total. The molecule has 1 aliphatic rings. The Morgan fingerprint density at radius 3 is 2.39 bits per heavy atom. The van der Waals surface area contributed by atoms with Gasteiger partial charge in [-0.15, -0.1) is 0 Å². The van der Waals surface area contributed by atoms with Crippen LogP contribution in [0.1, 0.15) is 0 Å². The van der Waals surface area contributed by atoms with E-state index in [1.807, 2.05) is 0 Å². The van der Waals surface area contributed by atoms with Crippen LogP contribution in [0.5, 0.6) is 11.5 Å². The van der Waals surface area contributed by atoms with Crippen molar-refractivity contribution in [3.8, 4) is 11.5 Å². The number of hydrogen-bond donors (Lipinski definition) is 0. The molecule has 0 fully saturated rings. The summed E-state index contributed by atoms with van der Waals surface area (Å²) >= 11 is 6.56. The van der Waals surface area contributed by atoms with Crippen LogP contribution in [0, 0.1) is 0 Å². The van der Waals surface area contributed by atoms with E-state index in [1.54, 1.807) is 30.3 Å². The lowest BCUT2D eigenvalue weighted by Crippen LogP contribution is -2.12. The summed E-state index contributed by atoms with van der Waals surface area (Å²) < 4.78 is 31.9. The Kier molecular flexibility index (Phi) is 2.76. The monoisotopic (exact) mass is 388 g/mol. The Labute approximate surface area is 121 Å². The molecule has 2 aromatic carbocycles. The van der Waals surface area contributed by atoms with E-state index >= 15 is 0 Å². The molecule has 2 aromatic rings. The van der Waals surface area contributed by atoms with Gasteiger partial charge in [0, 0.05) is 4.47 Å². The number of para-hydroxylation sites is 1. The van der Waals surface area contributed by atoms with Crippen LogP contribution in [0.4, 0.5) is 0 Å². The van der Waals surface area contributed by atoms with Gasteiger partial charge in [-0.25, -0.2) is 8.42 Å². The Bertz CT molecular complexity index is 754. The number of benzene rings is 2. The molecule has 0 saturated heterocycles. The summed E-state index contributed by atoms with van der Waals surface area (Å²) in [6.45, 7) is 0. The number of sulfone groups is 1. The first kappa shape index (κ1) is 12.2.